The van der Waals surface area contributed by atoms with Gasteiger partial charge >= 0.3 is 11.9 Å². The molecule has 0 radical (unpaired) electrons. The molecule has 29 heavy (non-hydrogen) atoms. The van der Waals surface area contributed by atoms with Gasteiger partial charge in [-0.15, -0.1) is 0 Å². The monoisotopic (exact) mass is 443 g/mol. The van der Waals surface area contributed by atoms with Crippen LogP contribution in [-0.4, -0.2) is 62.0 Å². The SMILES string of the molecule is COC(=O)COc1c(Cl)cc(/C=C2/SC(=O)N([C@@H](C)C(=O)OC)C2=O)cc1OC. The highest BCUT2D eigenvalue weighted by molar-refractivity contribution is 8.18. The van der Waals surface area contributed by atoms with Crippen molar-refractivity contribution in [2.24, 2.45) is 0 Å². The molecule has 1 aliphatic heterocycles. The number of thioether (sulfide) groups is 1. The molecule has 1 aromatic carbocycles. The fourth-order valence-electron chi connectivity index (χ4n) is 2.39. The average Bonchev–Trinajstić information content (AvgIpc) is 2.98. The topological polar surface area (TPSA) is 108 Å². The number of benzene rings is 1. The van der Waals surface area contributed by atoms with Crippen molar-refractivity contribution in [2.45, 2.75) is 13.0 Å². The van der Waals surface area contributed by atoms with E-state index < -0.39 is 29.1 Å². The van der Waals surface area contributed by atoms with Crippen LogP contribution in [0.2, 0.25) is 5.02 Å². The van der Waals surface area contributed by atoms with Crippen LogP contribution in [0.1, 0.15) is 12.5 Å². The Bertz CT molecular complexity index is 885. The number of carbonyl (C=O) groups excluding carboxylic acids is 4. The molecule has 0 spiro atoms. The van der Waals surface area contributed by atoms with Crippen LogP contribution in [0.25, 0.3) is 6.08 Å². The lowest BCUT2D eigenvalue weighted by Gasteiger charge is -2.18. The van der Waals surface area contributed by atoms with Gasteiger partial charge in [-0.1, -0.05) is 11.6 Å². The lowest BCUT2D eigenvalue weighted by molar-refractivity contribution is -0.148. The molecule has 2 amide bonds. The van der Waals surface area contributed by atoms with Gasteiger partial charge in [-0.3, -0.25) is 14.5 Å². The van der Waals surface area contributed by atoms with Crippen molar-refractivity contribution in [3.8, 4) is 11.5 Å². The predicted molar refractivity (Wildman–Crippen MR) is 105 cm³/mol. The number of hydrogen-bond donors (Lipinski definition) is 0. The van der Waals surface area contributed by atoms with Crippen molar-refractivity contribution in [1.82, 2.24) is 4.90 Å². The number of ether oxygens (including phenoxy) is 4. The lowest BCUT2D eigenvalue weighted by Crippen LogP contribution is -2.42. The normalized spacial score (nSPS) is 16.0. The van der Waals surface area contributed by atoms with Gasteiger partial charge < -0.3 is 18.9 Å². The molecule has 2 rings (SSSR count). The minimum atomic E-state index is -1.05. The summed E-state index contributed by atoms with van der Waals surface area (Å²) >= 11 is 6.90. The summed E-state index contributed by atoms with van der Waals surface area (Å²) in [5.41, 5.74) is 0.452. The Hall–Kier alpha value is -2.72. The highest BCUT2D eigenvalue weighted by Crippen LogP contribution is 2.39. The summed E-state index contributed by atoms with van der Waals surface area (Å²) < 4.78 is 19.6. The molecule has 1 saturated heterocycles. The summed E-state index contributed by atoms with van der Waals surface area (Å²) in [6.45, 7) is 1.04. The van der Waals surface area contributed by atoms with E-state index in [4.69, 9.17) is 21.1 Å². The Morgan fingerprint density at radius 2 is 1.90 bits per heavy atom. The zero-order chi connectivity index (χ0) is 21.7. The van der Waals surface area contributed by atoms with Crippen LogP contribution in [0.15, 0.2) is 17.0 Å². The number of halogens is 1. The Balaban J connectivity index is 2.31. The van der Waals surface area contributed by atoms with Crippen molar-refractivity contribution in [3.63, 3.8) is 0 Å². The number of carbonyl (C=O) groups is 4. The van der Waals surface area contributed by atoms with Gasteiger partial charge in [0.05, 0.1) is 31.3 Å². The standard InChI is InChI=1S/C18H18ClNO8S/c1-9(17(23)27-4)20-16(22)13(29-18(20)24)7-10-5-11(19)15(12(6-10)25-2)28-8-14(21)26-3/h5-7,9H,8H2,1-4H3/b13-7+/t9-/m0/s1. The van der Waals surface area contributed by atoms with Gasteiger partial charge in [-0.25, -0.2) is 9.59 Å². The van der Waals surface area contributed by atoms with Crippen LogP contribution in [0.4, 0.5) is 4.79 Å². The van der Waals surface area contributed by atoms with Crippen LogP contribution in [-0.2, 0) is 23.9 Å². The molecule has 9 nitrogen and oxygen atoms in total. The summed E-state index contributed by atoms with van der Waals surface area (Å²) in [7, 11) is 3.78. The van der Waals surface area contributed by atoms with E-state index in [-0.39, 0.29) is 28.0 Å². The van der Waals surface area contributed by atoms with Gasteiger partial charge in [0.25, 0.3) is 11.1 Å². The van der Waals surface area contributed by atoms with Crippen LogP contribution in [0.3, 0.4) is 0 Å². The quantitative estimate of drug-likeness (QED) is 0.463. The predicted octanol–water partition coefficient (Wildman–Crippen LogP) is 2.50. The molecule has 0 aromatic heterocycles. The Kier molecular flexibility index (Phi) is 7.52. The van der Waals surface area contributed by atoms with E-state index in [1.807, 2.05) is 0 Å². The third kappa shape index (κ3) is 5.01. The van der Waals surface area contributed by atoms with Crippen LogP contribution >= 0.6 is 23.4 Å². The van der Waals surface area contributed by atoms with Crippen molar-refractivity contribution in [2.75, 3.05) is 27.9 Å². The maximum atomic E-state index is 12.6. The van der Waals surface area contributed by atoms with Gasteiger partial charge in [-0.05, 0) is 42.5 Å². The zero-order valence-corrected chi connectivity index (χ0v) is 17.6. The first-order chi connectivity index (χ1) is 13.7. The maximum absolute atomic E-state index is 12.6. The van der Waals surface area contributed by atoms with Crippen LogP contribution in [0, 0.1) is 0 Å². The summed E-state index contributed by atoms with van der Waals surface area (Å²) in [6, 6.07) is 1.95. The van der Waals surface area contributed by atoms with Crippen molar-refractivity contribution < 1.29 is 38.1 Å². The molecule has 156 valence electrons. The molecule has 1 aromatic rings. The number of imide groups is 1. The summed E-state index contributed by atoms with van der Waals surface area (Å²) in [5, 5.41) is -0.461. The van der Waals surface area contributed by atoms with E-state index in [9.17, 15) is 19.2 Å². The first kappa shape index (κ1) is 22.6. The maximum Gasteiger partial charge on any atom is 0.343 e. The van der Waals surface area contributed by atoms with Gasteiger partial charge in [0, 0.05) is 0 Å². The smallest absolute Gasteiger partial charge is 0.343 e. The second-order valence-electron chi connectivity index (χ2n) is 5.65. The fraction of sp³-hybridized carbons (Fsp3) is 0.333. The van der Waals surface area contributed by atoms with Crippen LogP contribution in [0.5, 0.6) is 11.5 Å². The minimum Gasteiger partial charge on any atom is -0.493 e. The highest BCUT2D eigenvalue weighted by atomic mass is 35.5. The largest absolute Gasteiger partial charge is 0.493 e. The van der Waals surface area contributed by atoms with Crippen molar-refractivity contribution in [3.05, 3.63) is 27.6 Å². The van der Waals surface area contributed by atoms with E-state index in [2.05, 4.69) is 9.47 Å². The van der Waals surface area contributed by atoms with Crippen molar-refractivity contribution >= 4 is 52.5 Å². The lowest BCUT2D eigenvalue weighted by atomic mass is 10.1. The molecular weight excluding hydrogens is 426 g/mol. The Morgan fingerprint density at radius 3 is 2.48 bits per heavy atom. The van der Waals surface area contributed by atoms with Gasteiger partial charge in [0.15, 0.2) is 18.1 Å². The van der Waals surface area contributed by atoms with Gasteiger partial charge in [0.2, 0.25) is 0 Å². The number of methoxy groups -OCH3 is 3. The molecular formula is C18H18ClNO8S. The highest BCUT2D eigenvalue weighted by Gasteiger charge is 2.41. The molecule has 0 N–H and O–H groups in total. The van der Waals surface area contributed by atoms with E-state index in [1.54, 1.807) is 0 Å². The summed E-state index contributed by atoms with van der Waals surface area (Å²) in [6.07, 6.45) is 1.44. The summed E-state index contributed by atoms with van der Waals surface area (Å²) in [5.74, 6) is -1.58. The third-order valence-corrected chi connectivity index (χ3v) is 5.03. The molecule has 1 fully saturated rings. The summed E-state index contributed by atoms with van der Waals surface area (Å²) in [4.78, 5) is 48.6. The molecule has 1 aliphatic rings. The molecule has 0 unspecified atom stereocenters. The second kappa shape index (κ2) is 9.66. The number of hydrogen-bond acceptors (Lipinski definition) is 9. The Morgan fingerprint density at radius 1 is 1.21 bits per heavy atom. The van der Waals surface area contributed by atoms with E-state index in [1.165, 1.54) is 46.5 Å². The minimum absolute atomic E-state index is 0.104. The fourth-order valence-corrected chi connectivity index (χ4v) is 3.58. The average molecular weight is 444 g/mol. The third-order valence-electron chi connectivity index (χ3n) is 3.86. The zero-order valence-electron chi connectivity index (χ0n) is 16.0. The van der Waals surface area contributed by atoms with Crippen LogP contribution < -0.4 is 9.47 Å². The Labute approximate surface area is 175 Å². The molecule has 0 saturated carbocycles. The molecule has 0 bridgehead atoms. The van der Waals surface area contributed by atoms with E-state index >= 15 is 0 Å². The van der Waals surface area contributed by atoms with E-state index in [0.717, 1.165) is 4.90 Å². The van der Waals surface area contributed by atoms with Gasteiger partial charge in [0.1, 0.15) is 6.04 Å². The molecule has 0 aliphatic carbocycles. The molecule has 1 heterocycles. The van der Waals surface area contributed by atoms with E-state index in [0.29, 0.717) is 17.3 Å². The number of esters is 2. The number of amides is 2. The first-order valence-electron chi connectivity index (χ1n) is 8.15. The number of nitrogens with zero attached hydrogens (tertiary/aromatic N) is 1. The molecule has 1 atom stereocenters. The van der Waals surface area contributed by atoms with Crippen molar-refractivity contribution in [1.29, 1.82) is 0 Å². The second-order valence-corrected chi connectivity index (χ2v) is 7.05. The first-order valence-corrected chi connectivity index (χ1v) is 9.35. The molecule has 11 heteroatoms. The van der Waals surface area contributed by atoms with Gasteiger partial charge in [-0.2, -0.15) is 0 Å². The number of rotatable bonds is 7.